The van der Waals surface area contributed by atoms with Gasteiger partial charge in [0.2, 0.25) is 5.91 Å². The Morgan fingerprint density at radius 1 is 1.56 bits per heavy atom. The van der Waals surface area contributed by atoms with Crippen LogP contribution in [0.5, 0.6) is 0 Å². The zero-order valence-corrected chi connectivity index (χ0v) is 11.0. The highest BCUT2D eigenvalue weighted by Crippen LogP contribution is 2.33. The highest BCUT2D eigenvalue weighted by molar-refractivity contribution is 7.80. The Kier molecular flexibility index (Phi) is 3.77. The number of rotatable bonds is 3. The van der Waals surface area contributed by atoms with Crippen LogP contribution in [0, 0.1) is 16.0 Å². The quantitative estimate of drug-likeness (QED) is 0.527. The fourth-order valence-corrected chi connectivity index (χ4v) is 2.49. The fourth-order valence-electron chi connectivity index (χ4n) is 1.96. The molecule has 2 rings (SSSR count). The maximum Gasteiger partial charge on any atom is 0.271 e. The minimum atomic E-state index is -0.516. The topological polar surface area (TPSA) is 63.5 Å². The van der Waals surface area contributed by atoms with Crippen molar-refractivity contribution < 1.29 is 9.72 Å². The van der Waals surface area contributed by atoms with Crippen LogP contribution >= 0.6 is 24.2 Å². The molecule has 0 spiro atoms. The summed E-state index contributed by atoms with van der Waals surface area (Å²) in [5.74, 6) is 0.809. The van der Waals surface area contributed by atoms with Crippen molar-refractivity contribution in [2.45, 2.75) is 6.42 Å². The van der Waals surface area contributed by atoms with Crippen LogP contribution in [0.3, 0.4) is 0 Å². The third-order valence-electron chi connectivity index (χ3n) is 2.90. The smallest absolute Gasteiger partial charge is 0.271 e. The molecule has 0 N–H and O–H groups in total. The van der Waals surface area contributed by atoms with Gasteiger partial charge in [-0.15, -0.1) is 0 Å². The molecule has 0 bridgehead atoms. The van der Waals surface area contributed by atoms with Gasteiger partial charge in [-0.2, -0.15) is 12.6 Å². The lowest BCUT2D eigenvalue weighted by atomic mass is 10.1. The van der Waals surface area contributed by atoms with Gasteiger partial charge < -0.3 is 4.90 Å². The SMILES string of the molecule is O=C1CC(CS)CN1c1ccc([N+](=O)[O-])cc1Cl. The fraction of sp³-hybridized carbons (Fsp3) is 0.364. The van der Waals surface area contributed by atoms with E-state index in [0.717, 1.165) is 0 Å². The number of anilines is 1. The molecule has 1 atom stereocenters. The number of carbonyl (C=O) groups excluding carboxylic acids is 1. The first kappa shape index (κ1) is 13.2. The van der Waals surface area contributed by atoms with Gasteiger partial charge in [0.05, 0.1) is 15.6 Å². The monoisotopic (exact) mass is 286 g/mol. The van der Waals surface area contributed by atoms with Gasteiger partial charge in [-0.1, -0.05) is 11.6 Å². The van der Waals surface area contributed by atoms with Crippen molar-refractivity contribution in [3.8, 4) is 0 Å². The largest absolute Gasteiger partial charge is 0.311 e. The maximum absolute atomic E-state index is 11.8. The molecule has 1 amide bonds. The minimum absolute atomic E-state index is 0.0233. The first-order valence-corrected chi connectivity index (χ1v) is 6.39. The Hall–Kier alpha value is -1.27. The number of nitro benzene ring substituents is 1. The molecule has 7 heteroatoms. The Bertz CT molecular complexity index is 509. The molecular weight excluding hydrogens is 276 g/mol. The Balaban J connectivity index is 2.29. The van der Waals surface area contributed by atoms with Gasteiger partial charge in [-0.05, 0) is 17.7 Å². The van der Waals surface area contributed by atoms with E-state index in [1.54, 1.807) is 4.90 Å². The number of carbonyl (C=O) groups is 1. The average molecular weight is 287 g/mol. The Morgan fingerprint density at radius 3 is 2.78 bits per heavy atom. The molecule has 96 valence electrons. The van der Waals surface area contributed by atoms with E-state index in [2.05, 4.69) is 12.6 Å². The van der Waals surface area contributed by atoms with E-state index in [-0.39, 0.29) is 22.5 Å². The molecule has 1 fully saturated rings. The molecule has 1 aliphatic rings. The highest BCUT2D eigenvalue weighted by Gasteiger charge is 2.31. The van der Waals surface area contributed by atoms with Crippen LogP contribution in [-0.4, -0.2) is 23.1 Å². The zero-order valence-electron chi connectivity index (χ0n) is 9.38. The van der Waals surface area contributed by atoms with Crippen molar-refractivity contribution in [3.05, 3.63) is 33.3 Å². The number of amides is 1. The molecule has 0 saturated carbocycles. The number of non-ortho nitro benzene ring substituents is 1. The summed E-state index contributed by atoms with van der Waals surface area (Å²) in [6, 6.07) is 4.12. The van der Waals surface area contributed by atoms with Gasteiger partial charge in [0.1, 0.15) is 0 Å². The van der Waals surface area contributed by atoms with E-state index in [1.165, 1.54) is 18.2 Å². The minimum Gasteiger partial charge on any atom is -0.311 e. The third-order valence-corrected chi connectivity index (χ3v) is 3.72. The van der Waals surface area contributed by atoms with Gasteiger partial charge in [0, 0.05) is 25.1 Å². The molecular formula is C11H11ClN2O3S. The number of nitro groups is 1. The molecule has 1 heterocycles. The van der Waals surface area contributed by atoms with Crippen LogP contribution in [0.25, 0.3) is 0 Å². The summed E-state index contributed by atoms with van der Waals surface area (Å²) in [5.41, 5.74) is 0.442. The number of nitrogens with zero attached hydrogens (tertiary/aromatic N) is 2. The van der Waals surface area contributed by atoms with Crippen molar-refractivity contribution in [1.82, 2.24) is 0 Å². The molecule has 0 radical (unpaired) electrons. The van der Waals surface area contributed by atoms with E-state index in [4.69, 9.17) is 11.6 Å². The molecule has 18 heavy (non-hydrogen) atoms. The molecule has 1 aromatic rings. The first-order valence-electron chi connectivity index (χ1n) is 5.38. The lowest BCUT2D eigenvalue weighted by Crippen LogP contribution is -2.24. The molecule has 1 aromatic carbocycles. The normalized spacial score (nSPS) is 19.3. The van der Waals surface area contributed by atoms with Crippen molar-refractivity contribution in [2.75, 3.05) is 17.2 Å². The van der Waals surface area contributed by atoms with E-state index in [9.17, 15) is 14.9 Å². The van der Waals surface area contributed by atoms with Crippen molar-refractivity contribution in [2.24, 2.45) is 5.92 Å². The predicted molar refractivity (Wildman–Crippen MR) is 72.4 cm³/mol. The zero-order chi connectivity index (χ0) is 13.3. The third kappa shape index (κ3) is 2.44. The van der Waals surface area contributed by atoms with Crippen molar-refractivity contribution >= 4 is 41.5 Å². The summed E-state index contributed by atoms with van der Waals surface area (Å²) < 4.78 is 0. The molecule has 1 unspecified atom stereocenters. The van der Waals surface area contributed by atoms with E-state index in [1.807, 2.05) is 0 Å². The highest BCUT2D eigenvalue weighted by atomic mass is 35.5. The van der Waals surface area contributed by atoms with Crippen molar-refractivity contribution in [3.63, 3.8) is 0 Å². The second-order valence-corrected chi connectivity index (χ2v) is 4.92. The number of hydrogen-bond donors (Lipinski definition) is 1. The summed E-state index contributed by atoms with van der Waals surface area (Å²) in [7, 11) is 0. The molecule has 0 aromatic heterocycles. The summed E-state index contributed by atoms with van der Waals surface area (Å²) >= 11 is 10.2. The summed E-state index contributed by atoms with van der Waals surface area (Å²) in [6.45, 7) is 0.555. The van der Waals surface area contributed by atoms with Gasteiger partial charge in [0.15, 0.2) is 0 Å². The Labute approximate surface area is 114 Å². The molecule has 1 aliphatic heterocycles. The van der Waals surface area contributed by atoms with E-state index in [0.29, 0.717) is 24.4 Å². The van der Waals surface area contributed by atoms with Crippen LogP contribution in [0.1, 0.15) is 6.42 Å². The molecule has 1 saturated heterocycles. The number of benzene rings is 1. The maximum atomic E-state index is 11.8. The number of thiol groups is 1. The van der Waals surface area contributed by atoms with Crippen LogP contribution < -0.4 is 4.90 Å². The van der Waals surface area contributed by atoms with Gasteiger partial charge in [0.25, 0.3) is 5.69 Å². The van der Waals surface area contributed by atoms with Crippen molar-refractivity contribution in [1.29, 1.82) is 0 Å². The molecule has 0 aliphatic carbocycles. The van der Waals surface area contributed by atoms with Gasteiger partial charge in [-0.3, -0.25) is 14.9 Å². The first-order chi connectivity index (χ1) is 8.52. The second kappa shape index (κ2) is 5.16. The van der Waals surface area contributed by atoms with Crippen LogP contribution in [-0.2, 0) is 4.79 Å². The summed E-state index contributed by atoms with van der Waals surface area (Å²) in [6.07, 6.45) is 0.441. The Morgan fingerprint density at radius 2 is 2.28 bits per heavy atom. The van der Waals surface area contributed by atoms with E-state index < -0.39 is 4.92 Å². The van der Waals surface area contributed by atoms with Gasteiger partial charge >= 0.3 is 0 Å². The van der Waals surface area contributed by atoms with Gasteiger partial charge in [-0.25, -0.2) is 0 Å². The number of halogens is 1. The second-order valence-electron chi connectivity index (χ2n) is 4.15. The predicted octanol–water partition coefficient (Wildman–Crippen LogP) is 2.53. The standard InChI is InChI=1S/C11H11ClN2O3S/c12-9-4-8(14(16)17)1-2-10(9)13-5-7(6-18)3-11(13)15/h1-2,4,7,18H,3,5-6H2. The lowest BCUT2D eigenvalue weighted by molar-refractivity contribution is -0.384. The van der Waals surface area contributed by atoms with Crippen LogP contribution in [0.15, 0.2) is 18.2 Å². The number of hydrogen-bond acceptors (Lipinski definition) is 4. The van der Waals surface area contributed by atoms with Crippen LogP contribution in [0.2, 0.25) is 5.02 Å². The lowest BCUT2D eigenvalue weighted by Gasteiger charge is -2.17. The molecule has 5 nitrogen and oxygen atoms in total. The average Bonchev–Trinajstić information content (AvgIpc) is 2.70. The van der Waals surface area contributed by atoms with E-state index >= 15 is 0 Å². The summed E-state index contributed by atoms with van der Waals surface area (Å²) in [5, 5.41) is 10.8. The van der Waals surface area contributed by atoms with Crippen LogP contribution in [0.4, 0.5) is 11.4 Å². The summed E-state index contributed by atoms with van der Waals surface area (Å²) in [4.78, 5) is 23.5.